The number of ether oxygens (including phenoxy) is 1. The first-order valence-corrected chi connectivity index (χ1v) is 5.68. The molecule has 2 rings (SSSR count). The van der Waals surface area contributed by atoms with Crippen molar-refractivity contribution in [1.82, 2.24) is 9.78 Å². The van der Waals surface area contributed by atoms with E-state index in [0.717, 1.165) is 0 Å². The van der Waals surface area contributed by atoms with Gasteiger partial charge in [0, 0.05) is 18.7 Å². The summed E-state index contributed by atoms with van der Waals surface area (Å²) in [5.41, 5.74) is 6.95. The van der Waals surface area contributed by atoms with Crippen LogP contribution in [0.4, 0.5) is 4.39 Å². The van der Waals surface area contributed by atoms with Crippen LogP contribution in [0.15, 0.2) is 24.4 Å². The van der Waals surface area contributed by atoms with Gasteiger partial charge in [0.25, 0.3) is 0 Å². The van der Waals surface area contributed by atoms with E-state index in [-0.39, 0.29) is 0 Å². The monoisotopic (exact) mass is 269 g/mol. The Morgan fingerprint density at radius 2 is 2.22 bits per heavy atom. The number of nitrogens with two attached hydrogens (primary N) is 1. The van der Waals surface area contributed by atoms with Gasteiger partial charge in [-0.15, -0.1) is 0 Å². The van der Waals surface area contributed by atoms with E-state index in [0.29, 0.717) is 22.0 Å². The first-order chi connectivity index (χ1) is 8.54. The summed E-state index contributed by atoms with van der Waals surface area (Å²) in [4.78, 5) is 0. The number of benzene rings is 1. The molecule has 0 saturated carbocycles. The minimum Gasteiger partial charge on any atom is -0.497 e. The molecule has 0 bridgehead atoms. The maximum Gasteiger partial charge on any atom is 0.132 e. The van der Waals surface area contributed by atoms with Crippen LogP contribution in [-0.2, 0) is 7.05 Å². The van der Waals surface area contributed by atoms with Crippen LogP contribution in [0.1, 0.15) is 17.3 Å². The molecule has 0 aliphatic rings. The van der Waals surface area contributed by atoms with Crippen LogP contribution in [0, 0.1) is 5.82 Å². The van der Waals surface area contributed by atoms with Crippen molar-refractivity contribution in [2.45, 2.75) is 6.04 Å². The topological polar surface area (TPSA) is 53.1 Å². The van der Waals surface area contributed by atoms with Crippen molar-refractivity contribution >= 4 is 11.6 Å². The Kier molecular flexibility index (Phi) is 3.54. The largest absolute Gasteiger partial charge is 0.497 e. The lowest BCUT2D eigenvalue weighted by atomic mass is 10.0. The number of aromatic nitrogens is 2. The van der Waals surface area contributed by atoms with Crippen LogP contribution in [-0.4, -0.2) is 16.9 Å². The predicted molar refractivity (Wildman–Crippen MR) is 67.2 cm³/mol. The fourth-order valence-corrected chi connectivity index (χ4v) is 2.09. The molecule has 1 heterocycles. The van der Waals surface area contributed by atoms with Crippen molar-refractivity contribution in [3.63, 3.8) is 0 Å². The third-order valence-electron chi connectivity index (χ3n) is 2.77. The molecule has 1 unspecified atom stereocenters. The minimum absolute atomic E-state index is 0.348. The lowest BCUT2D eigenvalue weighted by Crippen LogP contribution is -2.17. The minimum atomic E-state index is -0.670. The number of rotatable bonds is 3. The molecule has 0 saturated heterocycles. The highest BCUT2D eigenvalue weighted by Crippen LogP contribution is 2.28. The standard InChI is InChI=1S/C12H13ClFN3O/c1-17-12(9(13)6-16-17)11(15)8-4-3-7(18-2)5-10(8)14/h3-6,11H,15H2,1-2H3. The first-order valence-electron chi connectivity index (χ1n) is 5.31. The highest BCUT2D eigenvalue weighted by Gasteiger charge is 2.20. The molecular formula is C12H13ClFN3O. The van der Waals surface area contributed by atoms with Crippen molar-refractivity contribution < 1.29 is 9.13 Å². The lowest BCUT2D eigenvalue weighted by molar-refractivity contribution is 0.410. The van der Waals surface area contributed by atoms with Crippen LogP contribution >= 0.6 is 11.6 Å². The quantitative estimate of drug-likeness (QED) is 0.930. The van der Waals surface area contributed by atoms with Crippen LogP contribution in [0.5, 0.6) is 5.75 Å². The van der Waals surface area contributed by atoms with Gasteiger partial charge in [0.1, 0.15) is 11.6 Å². The van der Waals surface area contributed by atoms with E-state index in [1.165, 1.54) is 24.1 Å². The molecular weight excluding hydrogens is 257 g/mol. The Balaban J connectivity index is 2.43. The normalized spacial score (nSPS) is 12.5. The summed E-state index contributed by atoms with van der Waals surface area (Å²) < 4.78 is 20.4. The van der Waals surface area contributed by atoms with Crippen LogP contribution in [0.3, 0.4) is 0 Å². The number of nitrogens with zero attached hydrogens (tertiary/aromatic N) is 2. The zero-order valence-electron chi connectivity index (χ0n) is 10.0. The molecule has 1 aromatic carbocycles. The summed E-state index contributed by atoms with van der Waals surface area (Å²) in [6.07, 6.45) is 1.48. The molecule has 0 fully saturated rings. The number of aryl methyl sites for hydroxylation is 1. The first kappa shape index (κ1) is 12.9. The molecule has 18 heavy (non-hydrogen) atoms. The van der Waals surface area contributed by atoms with Crippen molar-refractivity contribution in [2.24, 2.45) is 12.8 Å². The van der Waals surface area contributed by atoms with Gasteiger partial charge in [-0.25, -0.2) is 4.39 Å². The molecule has 1 aromatic heterocycles. The van der Waals surface area contributed by atoms with Gasteiger partial charge in [-0.1, -0.05) is 17.7 Å². The zero-order valence-corrected chi connectivity index (χ0v) is 10.8. The van der Waals surface area contributed by atoms with Crippen molar-refractivity contribution in [2.75, 3.05) is 7.11 Å². The zero-order chi connectivity index (χ0) is 13.3. The number of hydrogen-bond acceptors (Lipinski definition) is 3. The van der Waals surface area contributed by atoms with E-state index < -0.39 is 11.9 Å². The van der Waals surface area contributed by atoms with Crippen molar-refractivity contribution in [1.29, 1.82) is 0 Å². The predicted octanol–water partition coefficient (Wildman–Crippen LogP) is 2.27. The van der Waals surface area contributed by atoms with Crippen LogP contribution in [0.25, 0.3) is 0 Å². The van der Waals surface area contributed by atoms with Gasteiger partial charge >= 0.3 is 0 Å². The Bertz CT molecular complexity index is 551. The van der Waals surface area contributed by atoms with Gasteiger partial charge in [-0.05, 0) is 6.07 Å². The van der Waals surface area contributed by atoms with Gasteiger partial charge < -0.3 is 10.5 Å². The molecule has 2 N–H and O–H groups in total. The maximum absolute atomic E-state index is 13.9. The fourth-order valence-electron chi connectivity index (χ4n) is 1.80. The molecule has 6 heteroatoms. The second kappa shape index (κ2) is 4.96. The molecule has 0 aliphatic heterocycles. The van der Waals surface area contributed by atoms with Gasteiger partial charge in [0.15, 0.2) is 0 Å². The molecule has 2 aromatic rings. The van der Waals surface area contributed by atoms with Crippen molar-refractivity contribution in [3.8, 4) is 5.75 Å². The van der Waals surface area contributed by atoms with E-state index in [1.807, 2.05) is 0 Å². The van der Waals surface area contributed by atoms with Crippen molar-refractivity contribution in [3.05, 3.63) is 46.5 Å². The Hall–Kier alpha value is -1.59. The Morgan fingerprint density at radius 3 is 2.72 bits per heavy atom. The summed E-state index contributed by atoms with van der Waals surface area (Å²) in [5, 5.41) is 4.40. The van der Waals surface area contributed by atoms with Gasteiger partial charge in [-0.3, -0.25) is 4.68 Å². The average Bonchev–Trinajstić information content (AvgIpc) is 2.68. The van der Waals surface area contributed by atoms with E-state index in [9.17, 15) is 4.39 Å². The van der Waals surface area contributed by atoms with Gasteiger partial charge in [-0.2, -0.15) is 5.10 Å². The van der Waals surface area contributed by atoms with E-state index in [1.54, 1.807) is 19.2 Å². The van der Waals surface area contributed by atoms with Crippen LogP contribution in [0.2, 0.25) is 5.02 Å². The van der Waals surface area contributed by atoms with E-state index in [4.69, 9.17) is 22.1 Å². The number of methoxy groups -OCH3 is 1. The summed E-state index contributed by atoms with van der Waals surface area (Å²) in [7, 11) is 3.19. The Labute approximate surface area is 109 Å². The van der Waals surface area contributed by atoms with E-state index in [2.05, 4.69) is 5.10 Å². The average molecular weight is 270 g/mol. The van der Waals surface area contributed by atoms with Crippen LogP contribution < -0.4 is 10.5 Å². The highest BCUT2D eigenvalue weighted by molar-refractivity contribution is 6.31. The highest BCUT2D eigenvalue weighted by atomic mass is 35.5. The number of hydrogen-bond donors (Lipinski definition) is 1. The molecule has 0 aliphatic carbocycles. The smallest absolute Gasteiger partial charge is 0.132 e. The summed E-state index contributed by atoms with van der Waals surface area (Å²) >= 11 is 5.99. The fraction of sp³-hybridized carbons (Fsp3) is 0.250. The SMILES string of the molecule is COc1ccc(C(N)c2c(Cl)cnn2C)c(F)c1. The molecule has 0 amide bonds. The van der Waals surface area contributed by atoms with E-state index >= 15 is 0 Å². The Morgan fingerprint density at radius 1 is 1.50 bits per heavy atom. The molecule has 96 valence electrons. The molecule has 0 radical (unpaired) electrons. The number of halogens is 2. The summed E-state index contributed by atoms with van der Waals surface area (Å²) in [5.74, 6) is 0.0127. The second-order valence-corrected chi connectivity index (χ2v) is 4.27. The molecule has 1 atom stereocenters. The second-order valence-electron chi connectivity index (χ2n) is 3.87. The molecule has 4 nitrogen and oxygen atoms in total. The van der Waals surface area contributed by atoms with Gasteiger partial charge in [0.2, 0.25) is 0 Å². The summed E-state index contributed by atoms with van der Waals surface area (Å²) in [6, 6.07) is 3.86. The lowest BCUT2D eigenvalue weighted by Gasteiger charge is -2.14. The third-order valence-corrected chi connectivity index (χ3v) is 3.07. The maximum atomic E-state index is 13.9. The molecule has 0 spiro atoms. The summed E-state index contributed by atoms with van der Waals surface area (Å²) in [6.45, 7) is 0. The third kappa shape index (κ3) is 2.19. The van der Waals surface area contributed by atoms with Gasteiger partial charge in [0.05, 0.1) is 30.1 Å².